The molecule has 2 aliphatic rings. The van der Waals surface area contributed by atoms with Gasteiger partial charge in [0.25, 0.3) is 0 Å². The highest BCUT2D eigenvalue weighted by Crippen LogP contribution is 2.40. The highest BCUT2D eigenvalue weighted by molar-refractivity contribution is 5.89. The quantitative estimate of drug-likeness (QED) is 0.636. The molecule has 2 aromatic rings. The molecule has 2 aliphatic carbocycles. The SMILES string of the molecule is CCN(CC(=O)O)C1CC(NC(=O)Nc2cc(C3CC3)nn2-c2ccccc2)C1. The summed E-state index contributed by atoms with van der Waals surface area (Å²) in [5, 5.41) is 19.6. The molecule has 0 spiro atoms. The summed E-state index contributed by atoms with van der Waals surface area (Å²) in [4.78, 5) is 25.4. The van der Waals surface area contributed by atoms with Crippen molar-refractivity contribution in [3.05, 3.63) is 42.1 Å². The zero-order valence-electron chi connectivity index (χ0n) is 16.5. The van der Waals surface area contributed by atoms with E-state index in [1.165, 1.54) is 0 Å². The van der Waals surface area contributed by atoms with Crippen molar-refractivity contribution >= 4 is 17.8 Å². The lowest BCUT2D eigenvalue weighted by atomic mass is 9.85. The van der Waals surface area contributed by atoms with E-state index in [1.807, 2.05) is 48.2 Å². The minimum atomic E-state index is -0.818. The molecule has 154 valence electrons. The summed E-state index contributed by atoms with van der Waals surface area (Å²) in [5.74, 6) is 0.333. The minimum absolute atomic E-state index is 0.0420. The molecule has 1 aromatic carbocycles. The summed E-state index contributed by atoms with van der Waals surface area (Å²) in [6, 6.07) is 11.7. The fourth-order valence-corrected chi connectivity index (χ4v) is 3.85. The molecule has 8 nitrogen and oxygen atoms in total. The first-order valence-corrected chi connectivity index (χ1v) is 10.2. The van der Waals surface area contributed by atoms with E-state index in [1.54, 1.807) is 4.68 Å². The number of nitrogens with one attached hydrogen (secondary N) is 2. The summed E-state index contributed by atoms with van der Waals surface area (Å²) >= 11 is 0. The number of para-hydroxylation sites is 1. The van der Waals surface area contributed by atoms with E-state index in [4.69, 9.17) is 10.2 Å². The number of rotatable bonds is 8. The van der Waals surface area contributed by atoms with Gasteiger partial charge in [-0.25, -0.2) is 9.48 Å². The summed E-state index contributed by atoms with van der Waals surface area (Å²) in [6.07, 6.45) is 3.82. The molecule has 1 aromatic heterocycles. The Hall–Kier alpha value is -2.87. The van der Waals surface area contributed by atoms with Gasteiger partial charge in [0.1, 0.15) is 5.82 Å². The number of benzene rings is 1. The van der Waals surface area contributed by atoms with Gasteiger partial charge in [0.2, 0.25) is 0 Å². The number of carbonyl (C=O) groups is 2. The second-order valence-electron chi connectivity index (χ2n) is 7.85. The average molecular weight is 397 g/mol. The predicted octanol–water partition coefficient (Wildman–Crippen LogP) is 2.81. The molecule has 29 heavy (non-hydrogen) atoms. The summed E-state index contributed by atoms with van der Waals surface area (Å²) in [6.45, 7) is 2.69. The number of amides is 2. The number of hydrogen-bond acceptors (Lipinski definition) is 4. The van der Waals surface area contributed by atoms with E-state index in [0.717, 1.165) is 37.1 Å². The molecule has 2 amide bonds. The Kier molecular flexibility index (Phi) is 5.53. The molecule has 3 N–H and O–H groups in total. The van der Waals surface area contributed by atoms with Crippen molar-refractivity contribution in [3.63, 3.8) is 0 Å². The van der Waals surface area contributed by atoms with Crippen LogP contribution in [0.2, 0.25) is 0 Å². The summed E-state index contributed by atoms with van der Waals surface area (Å²) < 4.78 is 1.78. The van der Waals surface area contributed by atoms with Gasteiger partial charge in [0.05, 0.1) is 17.9 Å². The zero-order valence-corrected chi connectivity index (χ0v) is 16.5. The first kappa shape index (κ1) is 19.4. The second-order valence-corrected chi connectivity index (χ2v) is 7.85. The normalized spacial score (nSPS) is 20.9. The third kappa shape index (κ3) is 4.59. The number of aliphatic carboxylic acids is 1. The smallest absolute Gasteiger partial charge is 0.320 e. The molecule has 8 heteroatoms. The van der Waals surface area contributed by atoms with Gasteiger partial charge in [-0.1, -0.05) is 25.1 Å². The molecule has 0 aliphatic heterocycles. The van der Waals surface area contributed by atoms with Gasteiger partial charge in [0, 0.05) is 24.1 Å². The third-order valence-electron chi connectivity index (χ3n) is 5.68. The maximum atomic E-state index is 12.5. The molecular weight excluding hydrogens is 370 g/mol. The Morgan fingerprint density at radius 1 is 1.24 bits per heavy atom. The van der Waals surface area contributed by atoms with Crippen LogP contribution in [-0.4, -0.2) is 57.0 Å². The highest BCUT2D eigenvalue weighted by Gasteiger charge is 2.35. The molecule has 0 bridgehead atoms. The van der Waals surface area contributed by atoms with Crippen LogP contribution in [0.1, 0.15) is 44.2 Å². The van der Waals surface area contributed by atoms with Crippen molar-refractivity contribution in [2.24, 2.45) is 0 Å². The lowest BCUT2D eigenvalue weighted by Gasteiger charge is -2.42. The number of carboxylic acids is 1. The number of nitrogens with zero attached hydrogens (tertiary/aromatic N) is 3. The lowest BCUT2D eigenvalue weighted by molar-refractivity contribution is -0.139. The Balaban J connectivity index is 1.36. The Morgan fingerprint density at radius 2 is 1.97 bits per heavy atom. The number of likely N-dealkylation sites (N-methyl/N-ethyl adjacent to an activating group) is 1. The molecule has 0 atom stereocenters. The second kappa shape index (κ2) is 8.24. The van der Waals surface area contributed by atoms with Crippen LogP contribution in [0.4, 0.5) is 10.6 Å². The summed E-state index contributed by atoms with van der Waals surface area (Å²) in [5.41, 5.74) is 1.92. The number of hydrogen-bond donors (Lipinski definition) is 3. The maximum absolute atomic E-state index is 12.5. The average Bonchev–Trinajstić information content (AvgIpc) is 3.44. The highest BCUT2D eigenvalue weighted by atomic mass is 16.4. The van der Waals surface area contributed by atoms with Crippen molar-refractivity contribution in [1.29, 1.82) is 0 Å². The van der Waals surface area contributed by atoms with E-state index in [9.17, 15) is 9.59 Å². The lowest BCUT2D eigenvalue weighted by Crippen LogP contribution is -2.55. The number of carboxylic acid groups (broad SMARTS) is 1. The molecule has 0 unspecified atom stereocenters. The topological polar surface area (TPSA) is 99.5 Å². The minimum Gasteiger partial charge on any atom is -0.480 e. The largest absolute Gasteiger partial charge is 0.480 e. The van der Waals surface area contributed by atoms with Gasteiger partial charge in [-0.05, 0) is 44.4 Å². The molecule has 0 radical (unpaired) electrons. The fraction of sp³-hybridized carbons (Fsp3) is 0.476. The molecule has 0 saturated heterocycles. The van der Waals surface area contributed by atoms with Gasteiger partial charge >= 0.3 is 12.0 Å². The monoisotopic (exact) mass is 397 g/mol. The number of urea groups is 1. The van der Waals surface area contributed by atoms with E-state index >= 15 is 0 Å². The van der Waals surface area contributed by atoms with Crippen molar-refractivity contribution in [2.45, 2.75) is 50.6 Å². The van der Waals surface area contributed by atoms with E-state index in [0.29, 0.717) is 18.3 Å². The molecule has 1 heterocycles. The Morgan fingerprint density at radius 3 is 2.59 bits per heavy atom. The van der Waals surface area contributed by atoms with Crippen molar-refractivity contribution in [3.8, 4) is 5.69 Å². The van der Waals surface area contributed by atoms with E-state index < -0.39 is 5.97 Å². The van der Waals surface area contributed by atoms with Gasteiger partial charge in [-0.15, -0.1) is 0 Å². The predicted molar refractivity (Wildman–Crippen MR) is 109 cm³/mol. The van der Waals surface area contributed by atoms with Crippen molar-refractivity contribution in [2.75, 3.05) is 18.4 Å². The number of anilines is 1. The molecule has 2 saturated carbocycles. The van der Waals surface area contributed by atoms with Crippen LogP contribution in [0.5, 0.6) is 0 Å². The van der Waals surface area contributed by atoms with Gasteiger partial charge < -0.3 is 10.4 Å². The van der Waals surface area contributed by atoms with Gasteiger partial charge in [-0.3, -0.25) is 15.0 Å². The first-order valence-electron chi connectivity index (χ1n) is 10.2. The molecule has 4 rings (SSSR count). The first-order chi connectivity index (χ1) is 14.0. The van der Waals surface area contributed by atoms with Crippen LogP contribution in [-0.2, 0) is 4.79 Å². The van der Waals surface area contributed by atoms with Crippen LogP contribution < -0.4 is 10.6 Å². The van der Waals surface area contributed by atoms with Crippen molar-refractivity contribution in [1.82, 2.24) is 20.0 Å². The Bertz CT molecular complexity index is 872. The molecular formula is C21H27N5O3. The van der Waals surface area contributed by atoms with Crippen LogP contribution >= 0.6 is 0 Å². The van der Waals surface area contributed by atoms with Crippen LogP contribution in [0.3, 0.4) is 0 Å². The number of carbonyl (C=O) groups excluding carboxylic acids is 1. The van der Waals surface area contributed by atoms with Gasteiger partial charge in [-0.2, -0.15) is 5.10 Å². The van der Waals surface area contributed by atoms with Gasteiger partial charge in [0.15, 0.2) is 0 Å². The number of aromatic nitrogens is 2. The maximum Gasteiger partial charge on any atom is 0.320 e. The third-order valence-corrected chi connectivity index (χ3v) is 5.68. The van der Waals surface area contributed by atoms with E-state index in [-0.39, 0.29) is 24.7 Å². The fourth-order valence-electron chi connectivity index (χ4n) is 3.85. The standard InChI is InChI=1S/C21H27N5O3/c1-2-25(13-20(27)28)17-10-15(11-17)22-21(29)23-19-12-18(14-8-9-14)24-26(19)16-6-4-3-5-7-16/h3-7,12,14-15,17H,2,8-11,13H2,1H3,(H,27,28)(H2,22,23,29). The molecule has 2 fully saturated rings. The zero-order chi connectivity index (χ0) is 20.4. The van der Waals surface area contributed by atoms with Crippen molar-refractivity contribution < 1.29 is 14.7 Å². The Labute approximate surface area is 169 Å². The van der Waals surface area contributed by atoms with Crippen LogP contribution in [0, 0.1) is 0 Å². The summed E-state index contributed by atoms with van der Waals surface area (Å²) in [7, 11) is 0. The van der Waals surface area contributed by atoms with Crippen LogP contribution in [0.25, 0.3) is 5.69 Å². The van der Waals surface area contributed by atoms with E-state index in [2.05, 4.69) is 10.6 Å². The van der Waals surface area contributed by atoms with Crippen LogP contribution in [0.15, 0.2) is 36.4 Å².